The molecule has 0 fully saturated rings. The van der Waals surface area contributed by atoms with Crippen LogP contribution in [0.4, 0.5) is 11.5 Å². The number of rotatable bonds is 9. The lowest BCUT2D eigenvalue weighted by Gasteiger charge is -2.12. The molecule has 2 aromatic carbocycles. The molecule has 1 heterocycles. The van der Waals surface area contributed by atoms with Crippen molar-refractivity contribution in [3.05, 3.63) is 82.7 Å². The topological polar surface area (TPSA) is 69.0 Å². The van der Waals surface area contributed by atoms with Crippen LogP contribution >= 0.6 is 11.8 Å². The summed E-state index contributed by atoms with van der Waals surface area (Å²) < 4.78 is 6.77. The fourth-order valence-corrected chi connectivity index (χ4v) is 3.74. The van der Waals surface area contributed by atoms with Crippen molar-refractivity contribution in [3.8, 4) is 5.75 Å². The number of hydrogen-bond acceptors (Lipinski definition) is 6. The van der Waals surface area contributed by atoms with Gasteiger partial charge >= 0.3 is 0 Å². The third-order valence-corrected chi connectivity index (χ3v) is 5.63. The molecule has 0 spiro atoms. The van der Waals surface area contributed by atoms with Gasteiger partial charge in [-0.05, 0) is 41.3 Å². The van der Waals surface area contributed by atoms with Gasteiger partial charge in [0.2, 0.25) is 5.82 Å². The van der Waals surface area contributed by atoms with Crippen molar-refractivity contribution in [2.24, 2.45) is 0 Å². The quantitative estimate of drug-likeness (QED) is 0.387. The van der Waals surface area contributed by atoms with Crippen molar-refractivity contribution in [1.82, 2.24) is 14.8 Å². The predicted molar refractivity (Wildman–Crippen MR) is 123 cm³/mol. The lowest BCUT2D eigenvalue weighted by atomic mass is 10.0. The van der Waals surface area contributed by atoms with Crippen LogP contribution in [0.5, 0.6) is 5.75 Å². The summed E-state index contributed by atoms with van der Waals surface area (Å²) in [4.78, 5) is 13.0. The molecule has 6 nitrogen and oxygen atoms in total. The number of thioether (sulfide) groups is 1. The lowest BCUT2D eigenvalue weighted by molar-refractivity contribution is 0.414. The van der Waals surface area contributed by atoms with E-state index < -0.39 is 0 Å². The van der Waals surface area contributed by atoms with E-state index in [1.807, 2.05) is 48.5 Å². The van der Waals surface area contributed by atoms with E-state index in [0.717, 1.165) is 17.0 Å². The Bertz CT molecular complexity index is 1040. The van der Waals surface area contributed by atoms with Gasteiger partial charge in [-0.3, -0.25) is 9.36 Å². The summed E-state index contributed by atoms with van der Waals surface area (Å²) in [5.41, 5.74) is 2.92. The summed E-state index contributed by atoms with van der Waals surface area (Å²) >= 11 is 1.46. The van der Waals surface area contributed by atoms with E-state index in [2.05, 4.69) is 35.9 Å². The molecule has 0 aliphatic rings. The van der Waals surface area contributed by atoms with Crippen LogP contribution in [0.15, 0.2) is 71.1 Å². The molecular weight excluding hydrogens is 396 g/mol. The molecule has 0 aliphatic carbocycles. The van der Waals surface area contributed by atoms with Gasteiger partial charge in [0, 0.05) is 18.0 Å². The third-order valence-electron chi connectivity index (χ3n) is 4.59. The maximum Gasteiger partial charge on any atom is 0.297 e. The van der Waals surface area contributed by atoms with Gasteiger partial charge in [0.15, 0.2) is 5.16 Å². The van der Waals surface area contributed by atoms with E-state index in [4.69, 9.17) is 4.74 Å². The van der Waals surface area contributed by atoms with Gasteiger partial charge < -0.3 is 10.1 Å². The van der Waals surface area contributed by atoms with Crippen molar-refractivity contribution in [2.75, 3.05) is 12.4 Å². The normalized spacial score (nSPS) is 10.8. The highest BCUT2D eigenvalue weighted by molar-refractivity contribution is 7.98. The number of anilines is 2. The second-order valence-electron chi connectivity index (χ2n) is 7.07. The van der Waals surface area contributed by atoms with E-state index in [-0.39, 0.29) is 11.4 Å². The zero-order valence-electron chi connectivity index (χ0n) is 17.5. The molecular formula is C23H26N4O2S. The molecule has 3 rings (SSSR count). The van der Waals surface area contributed by atoms with Crippen molar-refractivity contribution >= 4 is 23.3 Å². The molecule has 0 radical (unpaired) electrons. The highest BCUT2D eigenvalue weighted by Crippen LogP contribution is 2.23. The van der Waals surface area contributed by atoms with Crippen LogP contribution in [0, 0.1) is 0 Å². The number of nitrogens with zero attached hydrogens (tertiary/aromatic N) is 3. The van der Waals surface area contributed by atoms with Crippen molar-refractivity contribution in [2.45, 2.75) is 37.2 Å². The van der Waals surface area contributed by atoms with Gasteiger partial charge in [0.1, 0.15) is 5.75 Å². The Kier molecular flexibility index (Phi) is 7.30. The van der Waals surface area contributed by atoms with Crippen LogP contribution in [0.1, 0.15) is 30.9 Å². The monoisotopic (exact) mass is 422 g/mol. The molecule has 1 aromatic heterocycles. The van der Waals surface area contributed by atoms with Crippen molar-refractivity contribution < 1.29 is 4.74 Å². The fraction of sp³-hybridized carbons (Fsp3) is 0.261. The van der Waals surface area contributed by atoms with Crippen LogP contribution in [0.2, 0.25) is 0 Å². The molecule has 3 aromatic rings. The van der Waals surface area contributed by atoms with Crippen LogP contribution in [0.25, 0.3) is 0 Å². The van der Waals surface area contributed by atoms with Gasteiger partial charge in [0.25, 0.3) is 5.56 Å². The summed E-state index contributed by atoms with van der Waals surface area (Å²) in [5.74, 6) is 2.12. The molecule has 0 aliphatic heterocycles. The van der Waals surface area contributed by atoms with E-state index in [0.29, 0.717) is 23.4 Å². The van der Waals surface area contributed by atoms with Crippen molar-refractivity contribution in [3.63, 3.8) is 0 Å². The van der Waals surface area contributed by atoms with Gasteiger partial charge in [-0.2, -0.15) is 0 Å². The molecule has 1 N–H and O–H groups in total. The zero-order chi connectivity index (χ0) is 21.5. The molecule has 0 bridgehead atoms. The summed E-state index contributed by atoms with van der Waals surface area (Å²) in [6, 6.07) is 15.8. The Morgan fingerprint density at radius 1 is 1.13 bits per heavy atom. The van der Waals surface area contributed by atoms with Crippen LogP contribution in [0.3, 0.4) is 0 Å². The number of hydrogen-bond donors (Lipinski definition) is 1. The largest absolute Gasteiger partial charge is 0.497 e. The van der Waals surface area contributed by atoms with E-state index in [1.54, 1.807) is 17.8 Å². The molecule has 0 saturated heterocycles. The Hall–Kier alpha value is -3.06. The van der Waals surface area contributed by atoms with Gasteiger partial charge in [0.05, 0.1) is 7.11 Å². The number of methoxy groups -OCH3 is 1. The van der Waals surface area contributed by atoms with Crippen LogP contribution in [-0.2, 0) is 12.3 Å². The summed E-state index contributed by atoms with van der Waals surface area (Å²) in [7, 11) is 1.64. The average Bonchev–Trinajstić information content (AvgIpc) is 2.76. The first-order chi connectivity index (χ1) is 14.5. The fourth-order valence-electron chi connectivity index (χ4n) is 2.84. The first kappa shape index (κ1) is 21.6. The van der Waals surface area contributed by atoms with Crippen molar-refractivity contribution in [1.29, 1.82) is 0 Å². The Balaban J connectivity index is 1.79. The van der Waals surface area contributed by atoms with E-state index in [9.17, 15) is 4.79 Å². The third kappa shape index (κ3) is 5.30. The first-order valence-electron chi connectivity index (χ1n) is 9.73. The Morgan fingerprint density at radius 2 is 1.83 bits per heavy atom. The van der Waals surface area contributed by atoms with Gasteiger partial charge in [-0.15, -0.1) is 16.8 Å². The molecule has 7 heteroatoms. The minimum absolute atomic E-state index is 0.197. The first-order valence-corrected chi connectivity index (χ1v) is 10.7. The highest BCUT2D eigenvalue weighted by Gasteiger charge is 2.13. The molecule has 0 saturated carbocycles. The van der Waals surface area contributed by atoms with Crippen LogP contribution in [-0.4, -0.2) is 21.9 Å². The average molecular weight is 423 g/mol. The van der Waals surface area contributed by atoms with E-state index in [1.165, 1.54) is 17.3 Å². The number of allylic oxidation sites excluding steroid dienone is 1. The zero-order valence-corrected chi connectivity index (χ0v) is 18.3. The van der Waals surface area contributed by atoms with Gasteiger partial charge in [-0.1, -0.05) is 56.0 Å². The maximum absolute atomic E-state index is 13.0. The lowest BCUT2D eigenvalue weighted by Crippen LogP contribution is -2.26. The minimum Gasteiger partial charge on any atom is -0.497 e. The molecule has 30 heavy (non-hydrogen) atoms. The highest BCUT2D eigenvalue weighted by atomic mass is 32.2. The summed E-state index contributed by atoms with van der Waals surface area (Å²) in [6.07, 6.45) is 1.68. The molecule has 0 atom stereocenters. The molecule has 0 amide bonds. The SMILES string of the molecule is C=CCn1c(SCc2ccc(OC)cc2)nnc(Nc2ccc(C(C)C)cc2)c1=O. The number of ether oxygens (including phenoxy) is 1. The minimum atomic E-state index is -0.227. The van der Waals surface area contributed by atoms with Crippen LogP contribution < -0.4 is 15.6 Å². The van der Waals surface area contributed by atoms with Gasteiger partial charge in [-0.25, -0.2) is 0 Å². The standard InChI is InChI=1S/C23H26N4O2S/c1-5-14-27-22(28)21(24-19-10-8-18(9-11-19)16(2)3)25-26-23(27)30-15-17-6-12-20(29-4)13-7-17/h5-13,16H,1,14-15H2,2-4H3,(H,24,25). The number of benzene rings is 2. The number of aromatic nitrogens is 3. The maximum atomic E-state index is 13.0. The van der Waals surface area contributed by atoms with E-state index >= 15 is 0 Å². The number of nitrogens with one attached hydrogen (secondary N) is 1. The predicted octanol–water partition coefficient (Wildman–Crippen LogP) is 4.99. The Labute approximate surface area is 181 Å². The molecule has 156 valence electrons. The second-order valence-corrected chi connectivity index (χ2v) is 8.02. The summed E-state index contributed by atoms with van der Waals surface area (Å²) in [6.45, 7) is 8.41. The summed E-state index contributed by atoms with van der Waals surface area (Å²) in [5, 5.41) is 12.1. The molecule has 0 unspecified atom stereocenters. The Morgan fingerprint density at radius 3 is 2.43 bits per heavy atom. The smallest absolute Gasteiger partial charge is 0.297 e. The second kappa shape index (κ2) is 10.1.